The number of fused-ring (bicyclic) bond motifs is 6. The van der Waals surface area contributed by atoms with E-state index in [0.29, 0.717) is 22.9 Å². The van der Waals surface area contributed by atoms with Crippen LogP contribution in [0.3, 0.4) is 0 Å². The van der Waals surface area contributed by atoms with Gasteiger partial charge < -0.3 is 14.0 Å². The maximum atomic E-state index is 8.15. The third-order valence-corrected chi connectivity index (χ3v) is 10.6. The smallest absolute Gasteiger partial charge is 0.417 e. The lowest BCUT2D eigenvalue weighted by Crippen LogP contribution is -2.55. The first kappa shape index (κ1) is 28.7. The largest absolute Gasteiger partial charge is 0.457 e. The third-order valence-electron chi connectivity index (χ3n) is 10.6. The number of imidazole rings is 1. The second-order valence-electron chi connectivity index (χ2n) is 13.8. The van der Waals surface area contributed by atoms with Gasteiger partial charge in [0.05, 0.1) is 11.0 Å². The zero-order chi connectivity index (χ0) is 38.8. The molecule has 0 unspecified atom stereocenters. The summed E-state index contributed by atoms with van der Waals surface area (Å²) in [6.07, 6.45) is 5.57. The Labute approximate surface area is 318 Å². The summed E-state index contributed by atoms with van der Waals surface area (Å²) in [7, 11) is 2.15. The molecule has 9 aromatic rings. The molecule has 6 aromatic carbocycles. The number of rotatable bonds is 6. The number of benzene rings is 6. The van der Waals surface area contributed by atoms with Gasteiger partial charge in [-0.1, -0.05) is 97.1 Å². The fraction of sp³-hybridized carbons (Fsp3) is 0.0638. The molecule has 0 saturated heterocycles. The summed E-state index contributed by atoms with van der Waals surface area (Å²) in [5.41, 5.74) is 10.5. The molecule has 258 valence electrons. The van der Waals surface area contributed by atoms with Gasteiger partial charge in [-0.25, -0.2) is 9.97 Å². The summed E-state index contributed by atoms with van der Waals surface area (Å²) < 4.78 is 35.4. The molecule has 0 fully saturated rings. The quantitative estimate of drug-likeness (QED) is 0.162. The van der Waals surface area contributed by atoms with Crippen LogP contribution in [0.4, 0.5) is 5.69 Å². The predicted molar refractivity (Wildman–Crippen MR) is 222 cm³/mol. The fourth-order valence-electron chi connectivity index (χ4n) is 8.05. The van der Waals surface area contributed by atoms with Crippen LogP contribution in [0.2, 0.25) is 0 Å². The summed E-state index contributed by atoms with van der Waals surface area (Å²) in [5, 5.41) is 2.06. The topological polar surface area (TPSA) is 48.1 Å². The van der Waals surface area contributed by atoms with E-state index < -0.39 is 6.85 Å². The molecule has 6 nitrogen and oxygen atoms in total. The van der Waals surface area contributed by atoms with Crippen molar-refractivity contribution in [1.82, 2.24) is 19.0 Å². The maximum absolute atomic E-state index is 8.15. The van der Waals surface area contributed by atoms with Crippen LogP contribution in [0.1, 0.15) is 15.2 Å². The monoisotopic (exact) mass is 700 g/mol. The van der Waals surface area contributed by atoms with E-state index in [4.69, 9.17) is 18.8 Å². The molecule has 3 aromatic heterocycles. The molecule has 0 amide bonds. The molecule has 1 aliphatic heterocycles. The Balaban J connectivity index is 1.06. The Morgan fingerprint density at radius 3 is 2.07 bits per heavy atom. The molecule has 0 saturated carbocycles. The van der Waals surface area contributed by atoms with E-state index >= 15 is 0 Å². The van der Waals surface area contributed by atoms with Crippen molar-refractivity contribution in [2.45, 2.75) is 13.8 Å². The Morgan fingerprint density at radius 1 is 0.630 bits per heavy atom. The molecule has 0 N–H and O–H groups in total. The second kappa shape index (κ2) is 12.7. The van der Waals surface area contributed by atoms with Gasteiger partial charge in [0.2, 0.25) is 0 Å². The van der Waals surface area contributed by atoms with Crippen molar-refractivity contribution in [3.63, 3.8) is 0 Å². The summed E-state index contributed by atoms with van der Waals surface area (Å²) >= 11 is 0. The molecule has 54 heavy (non-hydrogen) atoms. The zero-order valence-corrected chi connectivity index (χ0v) is 29.8. The van der Waals surface area contributed by atoms with Gasteiger partial charge >= 0.3 is 6.98 Å². The van der Waals surface area contributed by atoms with Crippen molar-refractivity contribution in [2.75, 3.05) is 11.9 Å². The van der Waals surface area contributed by atoms with Crippen LogP contribution >= 0.6 is 0 Å². The molecule has 0 spiro atoms. The van der Waals surface area contributed by atoms with Gasteiger partial charge in [-0.3, -0.25) is 4.57 Å². The first-order valence-electron chi connectivity index (χ1n) is 19.6. The molecular formula is C47H36BN5O. The lowest BCUT2D eigenvalue weighted by Gasteiger charge is -2.37. The SMILES string of the molecule is [2H]C([2H])([2H])c1cc(-n2c3ccccc3c3ccc(Oc4ccc5c(c4)-c4nccn4B(c4c(-c6ccccc6)cccc4-c4ccccc4)N5C)cc32)ncc1C. The molecule has 0 atom stereocenters. The lowest BCUT2D eigenvalue weighted by atomic mass is 9.59. The number of hydrogen-bond donors (Lipinski definition) is 0. The van der Waals surface area contributed by atoms with Crippen LogP contribution in [-0.4, -0.2) is 33.0 Å². The number of hydrogen-bond acceptors (Lipinski definition) is 4. The molecule has 0 aliphatic carbocycles. The zero-order valence-electron chi connectivity index (χ0n) is 32.8. The minimum atomic E-state index is -2.26. The molecular weight excluding hydrogens is 661 g/mol. The highest BCUT2D eigenvalue weighted by atomic mass is 16.5. The van der Waals surface area contributed by atoms with Crippen molar-refractivity contribution < 1.29 is 8.85 Å². The highest BCUT2D eigenvalue weighted by molar-refractivity contribution is 6.78. The van der Waals surface area contributed by atoms with Gasteiger partial charge in [0, 0.05) is 50.8 Å². The highest BCUT2D eigenvalue weighted by Crippen LogP contribution is 2.41. The Morgan fingerprint density at radius 2 is 1.31 bits per heavy atom. The third kappa shape index (κ3) is 5.12. The minimum absolute atomic E-state index is 0.182. The Hall–Kier alpha value is -6.86. The van der Waals surface area contributed by atoms with Crippen LogP contribution in [-0.2, 0) is 0 Å². The van der Waals surface area contributed by atoms with Gasteiger partial charge in [0.1, 0.15) is 23.1 Å². The average Bonchev–Trinajstić information content (AvgIpc) is 3.85. The maximum Gasteiger partial charge on any atom is 0.417 e. The van der Waals surface area contributed by atoms with Gasteiger partial charge in [0.15, 0.2) is 0 Å². The van der Waals surface area contributed by atoms with Crippen molar-refractivity contribution in [3.05, 3.63) is 175 Å². The number of aryl methyl sites for hydroxylation is 2. The van der Waals surface area contributed by atoms with E-state index in [2.05, 4.69) is 126 Å². The number of para-hydroxylation sites is 1. The van der Waals surface area contributed by atoms with E-state index in [9.17, 15) is 0 Å². The number of aromatic nitrogens is 4. The molecule has 1 aliphatic rings. The first-order valence-corrected chi connectivity index (χ1v) is 18.1. The van der Waals surface area contributed by atoms with Crippen LogP contribution in [0.15, 0.2) is 164 Å². The molecule has 10 rings (SSSR count). The van der Waals surface area contributed by atoms with Gasteiger partial charge in [-0.05, 0) is 102 Å². The normalized spacial score (nSPS) is 13.3. The number of ether oxygens (including phenoxy) is 1. The van der Waals surface area contributed by atoms with Crippen LogP contribution in [0, 0.1) is 13.8 Å². The highest BCUT2D eigenvalue weighted by Gasteiger charge is 2.38. The van der Waals surface area contributed by atoms with E-state index in [-0.39, 0.29) is 12.5 Å². The lowest BCUT2D eigenvalue weighted by molar-refractivity contribution is 0.483. The van der Waals surface area contributed by atoms with Gasteiger partial charge in [-0.2, -0.15) is 0 Å². The summed E-state index contributed by atoms with van der Waals surface area (Å²) in [4.78, 5) is 12.0. The van der Waals surface area contributed by atoms with E-state index in [1.165, 1.54) is 16.6 Å². The van der Waals surface area contributed by atoms with Crippen molar-refractivity contribution >= 4 is 39.9 Å². The van der Waals surface area contributed by atoms with Crippen molar-refractivity contribution in [2.24, 2.45) is 0 Å². The number of pyridine rings is 1. The van der Waals surface area contributed by atoms with Crippen LogP contribution in [0.5, 0.6) is 11.5 Å². The number of nitrogens with zero attached hydrogens (tertiary/aromatic N) is 5. The standard InChI is InChI=1S/C47H36BN5O/c1-31-27-45(50-30-32(31)2)53-43-20-11-10-17-39(43)40-23-21-36(29-44(40)53)54-35-22-24-42-41(28-35)47-49-25-26-52(47)48(51(42)3)46-37(33-13-6-4-7-14-33)18-12-19-38(46)34-15-8-5-9-16-34/h4-30H,1-3H3/i1D3. The van der Waals surface area contributed by atoms with Crippen molar-refractivity contribution in [3.8, 4) is 51.0 Å². The Kier molecular flexibility index (Phi) is 6.73. The molecule has 7 heteroatoms. The predicted octanol–water partition coefficient (Wildman–Crippen LogP) is 10.5. The van der Waals surface area contributed by atoms with Gasteiger partial charge in [0.25, 0.3) is 0 Å². The van der Waals surface area contributed by atoms with E-state index in [1.54, 1.807) is 19.2 Å². The van der Waals surface area contributed by atoms with Gasteiger partial charge in [-0.15, -0.1) is 0 Å². The van der Waals surface area contributed by atoms with Crippen molar-refractivity contribution in [1.29, 1.82) is 0 Å². The molecule has 0 bridgehead atoms. The summed E-state index contributed by atoms with van der Waals surface area (Å²) in [5.74, 6) is 2.71. The first-order chi connectivity index (χ1) is 27.7. The molecule has 4 heterocycles. The van der Waals surface area contributed by atoms with E-state index in [0.717, 1.165) is 50.0 Å². The van der Waals surface area contributed by atoms with E-state index in [1.807, 2.05) is 47.2 Å². The average molecular weight is 701 g/mol. The summed E-state index contributed by atoms with van der Waals surface area (Å²) in [6, 6.07) is 49.7. The fourth-order valence-corrected chi connectivity index (χ4v) is 8.05. The van der Waals surface area contributed by atoms with Crippen LogP contribution in [0.25, 0.3) is 61.3 Å². The molecule has 0 radical (unpaired) electrons. The minimum Gasteiger partial charge on any atom is -0.457 e. The second-order valence-corrected chi connectivity index (χ2v) is 13.8. The number of anilines is 1. The Bertz CT molecular complexity index is 2920. The summed E-state index contributed by atoms with van der Waals surface area (Å²) in [6.45, 7) is -0.663. The van der Waals surface area contributed by atoms with Crippen LogP contribution < -0.4 is 15.0 Å².